The summed E-state index contributed by atoms with van der Waals surface area (Å²) in [7, 11) is 2.04. The second-order valence-corrected chi connectivity index (χ2v) is 9.61. The van der Waals surface area contributed by atoms with Crippen LogP contribution >= 0.6 is 11.6 Å². The van der Waals surface area contributed by atoms with Gasteiger partial charge in [-0.15, -0.1) is 11.6 Å². The molecular weight excluding hydrogens is 346 g/mol. The van der Waals surface area contributed by atoms with Gasteiger partial charge in [-0.3, -0.25) is 4.79 Å². The summed E-state index contributed by atoms with van der Waals surface area (Å²) in [6.07, 6.45) is 3.96. The van der Waals surface area contributed by atoms with Crippen molar-refractivity contribution >= 4 is 34.6 Å². The van der Waals surface area contributed by atoms with Crippen molar-refractivity contribution in [1.82, 2.24) is 4.57 Å². The molecule has 0 saturated heterocycles. The number of aryl methyl sites for hydroxylation is 1. The molecule has 4 heteroatoms. The Labute approximate surface area is 158 Å². The van der Waals surface area contributed by atoms with Gasteiger partial charge in [0.25, 0.3) is 0 Å². The van der Waals surface area contributed by atoms with Crippen LogP contribution in [0.4, 0.5) is 0 Å². The van der Waals surface area contributed by atoms with Gasteiger partial charge < -0.3 is 9.36 Å². The monoisotopic (exact) mass is 369 g/mol. The van der Waals surface area contributed by atoms with Gasteiger partial charge in [0.05, 0.1) is 0 Å². The van der Waals surface area contributed by atoms with Gasteiger partial charge in [0.2, 0.25) is 0 Å². The van der Waals surface area contributed by atoms with Gasteiger partial charge in [-0.05, 0) is 40.9 Å². The fraction of sp³-hybridized carbons (Fsp3) is 0.545. The van der Waals surface area contributed by atoms with Crippen LogP contribution in [-0.2, 0) is 27.5 Å². The lowest BCUT2D eigenvalue weighted by Crippen LogP contribution is -2.54. The van der Waals surface area contributed by atoms with Crippen LogP contribution in [0.2, 0.25) is 0 Å². The molecule has 2 aromatic rings. The quantitative estimate of drug-likeness (QED) is 0.456. The van der Waals surface area contributed by atoms with Crippen LogP contribution < -0.4 is 0 Å². The minimum Gasteiger partial charge on any atom is -0.350 e. The number of aldehydes is 1. The molecule has 0 N–H and O–H groups in total. The van der Waals surface area contributed by atoms with E-state index in [0.29, 0.717) is 11.8 Å². The third-order valence-corrected chi connectivity index (χ3v) is 8.64. The van der Waals surface area contributed by atoms with Gasteiger partial charge in [-0.2, -0.15) is 0 Å². The van der Waals surface area contributed by atoms with E-state index in [1.165, 1.54) is 5.56 Å². The van der Waals surface area contributed by atoms with Gasteiger partial charge in [-0.25, -0.2) is 0 Å². The van der Waals surface area contributed by atoms with Crippen LogP contribution in [-0.4, -0.2) is 22.5 Å². The molecule has 26 heavy (non-hydrogen) atoms. The molecule has 3 aliphatic carbocycles. The highest BCUT2D eigenvalue weighted by Crippen LogP contribution is 2.75. The number of carbonyl (C=O) groups is 2. The molecule has 0 aliphatic heterocycles. The van der Waals surface area contributed by atoms with Crippen molar-refractivity contribution in [1.29, 1.82) is 0 Å². The maximum absolute atomic E-state index is 13.9. The number of ketones is 1. The van der Waals surface area contributed by atoms with Gasteiger partial charge in [0, 0.05) is 41.4 Å². The Balaban J connectivity index is 1.98. The highest BCUT2D eigenvalue weighted by molar-refractivity contribution is 6.19. The molecule has 136 valence electrons. The fourth-order valence-electron chi connectivity index (χ4n) is 6.60. The highest BCUT2D eigenvalue weighted by Gasteiger charge is 2.78. The molecule has 5 atom stereocenters. The number of benzene rings is 1. The number of Topliss-reactive ketones (excluding diaryl/α,β-unsaturated/α-hetero) is 1. The molecule has 2 saturated carbocycles. The van der Waals surface area contributed by atoms with Crippen molar-refractivity contribution < 1.29 is 9.59 Å². The van der Waals surface area contributed by atoms with E-state index in [1.54, 1.807) is 0 Å². The molecule has 3 nitrogen and oxygen atoms in total. The van der Waals surface area contributed by atoms with Crippen LogP contribution in [0.5, 0.6) is 0 Å². The summed E-state index contributed by atoms with van der Waals surface area (Å²) < 4.78 is 2.13. The second-order valence-electron chi connectivity index (χ2n) is 9.30. The van der Waals surface area contributed by atoms with E-state index >= 15 is 0 Å². The standard InChI is InChI=1S/C22H24ClNO2/c1-20(2)14-8-13-15(9-23)21(13,3)22(11-25,19(14)26)12-6-5-7-17-18(12)16(20)10-24(17)4/h5-7,10-11,13-15H,8-9H2,1-4H3/t13-,14-,15-,21-,22-/m0/s1. The minimum absolute atomic E-state index is 0.107. The van der Waals surface area contributed by atoms with E-state index in [1.807, 2.05) is 19.2 Å². The second kappa shape index (κ2) is 4.62. The first-order chi connectivity index (χ1) is 12.3. The lowest BCUT2D eigenvalue weighted by atomic mass is 9.56. The summed E-state index contributed by atoms with van der Waals surface area (Å²) in [5.41, 5.74) is 1.43. The highest BCUT2D eigenvalue weighted by atomic mass is 35.5. The van der Waals surface area contributed by atoms with Crippen molar-refractivity contribution in [2.75, 3.05) is 5.88 Å². The average Bonchev–Trinajstić information content (AvgIpc) is 3.06. The molecule has 0 spiro atoms. The molecule has 5 rings (SSSR count). The Kier molecular flexibility index (Phi) is 2.94. The Morgan fingerprint density at radius 2 is 2.00 bits per heavy atom. The van der Waals surface area contributed by atoms with Crippen LogP contribution in [0, 0.1) is 23.2 Å². The maximum Gasteiger partial charge on any atom is 0.155 e. The topological polar surface area (TPSA) is 39.1 Å². The van der Waals surface area contributed by atoms with Crippen LogP contribution in [0.15, 0.2) is 24.4 Å². The first kappa shape index (κ1) is 16.6. The van der Waals surface area contributed by atoms with Crippen molar-refractivity contribution in [3.63, 3.8) is 0 Å². The zero-order valence-electron chi connectivity index (χ0n) is 15.7. The lowest BCUT2D eigenvalue weighted by molar-refractivity contribution is -0.140. The number of hydrogen-bond acceptors (Lipinski definition) is 2. The third kappa shape index (κ3) is 1.44. The molecule has 1 aromatic heterocycles. The van der Waals surface area contributed by atoms with Crippen molar-refractivity contribution in [3.8, 4) is 0 Å². The number of rotatable bonds is 2. The predicted octanol–water partition coefficient (Wildman–Crippen LogP) is 3.99. The lowest BCUT2D eigenvalue weighted by Gasteiger charge is -2.44. The summed E-state index contributed by atoms with van der Waals surface area (Å²) in [6.45, 7) is 6.46. The first-order valence-corrected chi connectivity index (χ1v) is 9.95. The predicted molar refractivity (Wildman–Crippen MR) is 103 cm³/mol. The van der Waals surface area contributed by atoms with Gasteiger partial charge in [0.15, 0.2) is 5.78 Å². The molecule has 1 aromatic carbocycles. The summed E-state index contributed by atoms with van der Waals surface area (Å²) in [5.74, 6) is 1.02. The molecule has 1 heterocycles. The molecule has 2 fully saturated rings. The number of aromatic nitrogens is 1. The minimum atomic E-state index is -1.08. The van der Waals surface area contributed by atoms with E-state index in [2.05, 4.69) is 37.6 Å². The van der Waals surface area contributed by atoms with E-state index in [0.717, 1.165) is 29.2 Å². The molecular formula is C22H24ClNO2. The average molecular weight is 370 g/mol. The van der Waals surface area contributed by atoms with Crippen molar-refractivity contribution in [2.24, 2.45) is 30.2 Å². The molecule has 3 aliphatic rings. The first-order valence-electron chi connectivity index (χ1n) is 9.42. The van der Waals surface area contributed by atoms with Crippen molar-refractivity contribution in [3.05, 3.63) is 35.5 Å². The fourth-order valence-corrected chi connectivity index (χ4v) is 7.14. The van der Waals surface area contributed by atoms with Crippen LogP contribution in [0.3, 0.4) is 0 Å². The Hall–Kier alpha value is -1.61. The van der Waals surface area contributed by atoms with Crippen molar-refractivity contribution in [2.45, 2.75) is 38.0 Å². The number of alkyl halides is 1. The molecule has 0 amide bonds. The van der Waals surface area contributed by atoms with Gasteiger partial charge in [-0.1, -0.05) is 32.9 Å². The number of nitrogens with zero attached hydrogens (tertiary/aromatic N) is 1. The van der Waals surface area contributed by atoms with Crippen LogP contribution in [0.25, 0.3) is 10.9 Å². The number of halogens is 1. The van der Waals surface area contributed by atoms with Gasteiger partial charge in [0.1, 0.15) is 11.7 Å². The normalized spacial score (nSPS) is 39.4. The van der Waals surface area contributed by atoms with E-state index in [-0.39, 0.29) is 28.4 Å². The summed E-state index contributed by atoms with van der Waals surface area (Å²) in [6, 6.07) is 6.08. The Bertz CT molecular complexity index is 989. The zero-order valence-corrected chi connectivity index (χ0v) is 16.4. The number of fused-ring (bicyclic) bond motifs is 5. The molecule has 2 bridgehead atoms. The number of carbonyl (C=O) groups excluding carboxylic acids is 2. The largest absolute Gasteiger partial charge is 0.350 e. The third-order valence-electron chi connectivity index (χ3n) is 8.31. The molecule has 0 radical (unpaired) electrons. The van der Waals surface area contributed by atoms with E-state index < -0.39 is 5.41 Å². The van der Waals surface area contributed by atoms with E-state index in [4.69, 9.17) is 11.6 Å². The van der Waals surface area contributed by atoms with E-state index in [9.17, 15) is 9.59 Å². The van der Waals surface area contributed by atoms with Crippen LogP contribution in [0.1, 0.15) is 38.3 Å². The summed E-state index contributed by atoms with van der Waals surface area (Å²) in [5, 5.41) is 1.10. The zero-order chi connectivity index (χ0) is 18.6. The molecule has 0 unspecified atom stereocenters. The van der Waals surface area contributed by atoms with Gasteiger partial charge >= 0.3 is 0 Å². The SMILES string of the molecule is Cn1cc2c3c(cccc31)[C@@]1(C=O)C(=O)[C@H](C[C@H]3[C@H](CCl)[C@]31C)C2(C)C. The summed E-state index contributed by atoms with van der Waals surface area (Å²) >= 11 is 6.31. The Morgan fingerprint density at radius 3 is 2.65 bits per heavy atom. The summed E-state index contributed by atoms with van der Waals surface area (Å²) in [4.78, 5) is 26.7. The maximum atomic E-state index is 13.9. The smallest absolute Gasteiger partial charge is 0.155 e. The Morgan fingerprint density at radius 1 is 1.27 bits per heavy atom. The number of hydrogen-bond donors (Lipinski definition) is 0.